The molecule has 4 heteroatoms. The average molecular weight is 262 g/mol. The predicted molar refractivity (Wildman–Crippen MR) is 44.9 cm³/mol. The largest absolute Gasteiger partial charge is 0.449 e. The average Bonchev–Trinajstić information content (AvgIpc) is 1.87. The van der Waals surface area contributed by atoms with Crippen molar-refractivity contribution in [3.63, 3.8) is 0 Å². The highest BCUT2D eigenvalue weighted by atomic mass is 127. The van der Waals surface area contributed by atoms with Crippen molar-refractivity contribution < 1.29 is 9.53 Å². The van der Waals surface area contributed by atoms with E-state index in [1.54, 1.807) is 6.92 Å². The molecule has 0 N–H and O–H groups in total. The van der Waals surface area contributed by atoms with Crippen molar-refractivity contribution in [2.45, 2.75) is 6.92 Å². The third-order valence-electron chi connectivity index (χ3n) is 0.831. The molecular formula is C5H8ClIO2. The molecule has 0 fully saturated rings. The van der Waals surface area contributed by atoms with Gasteiger partial charge < -0.3 is 4.74 Å². The fraction of sp³-hybridized carbons (Fsp3) is 0.800. The summed E-state index contributed by atoms with van der Waals surface area (Å²) in [7, 11) is 0. The number of hydrogen-bond donors (Lipinski definition) is 0. The van der Waals surface area contributed by atoms with E-state index in [1.807, 2.05) is 0 Å². The van der Waals surface area contributed by atoms with Crippen LogP contribution in [0.15, 0.2) is 0 Å². The lowest BCUT2D eigenvalue weighted by molar-refractivity contribution is -0.144. The van der Waals surface area contributed by atoms with Crippen molar-refractivity contribution >= 4 is 40.2 Å². The Bertz CT molecular complexity index is 97.0. The summed E-state index contributed by atoms with van der Waals surface area (Å²) in [4.78, 5) is 10.7. The quantitative estimate of drug-likeness (QED) is 0.440. The van der Waals surface area contributed by atoms with E-state index in [0.29, 0.717) is 0 Å². The standard InChI is InChI=1S/C5H8ClIO2/c1-4(2-7)5(8)9-3-6/h4H,2-3H2,1H3. The maximum Gasteiger partial charge on any atom is 0.310 e. The van der Waals surface area contributed by atoms with Gasteiger partial charge in [-0.2, -0.15) is 0 Å². The van der Waals surface area contributed by atoms with Crippen LogP contribution in [0.3, 0.4) is 0 Å². The van der Waals surface area contributed by atoms with Gasteiger partial charge in [0.2, 0.25) is 0 Å². The van der Waals surface area contributed by atoms with Crippen molar-refractivity contribution in [3.05, 3.63) is 0 Å². The molecule has 54 valence electrons. The second-order valence-electron chi connectivity index (χ2n) is 1.63. The van der Waals surface area contributed by atoms with E-state index in [9.17, 15) is 4.79 Å². The zero-order valence-corrected chi connectivity index (χ0v) is 7.98. The van der Waals surface area contributed by atoms with E-state index < -0.39 is 0 Å². The molecule has 0 aromatic rings. The van der Waals surface area contributed by atoms with E-state index in [2.05, 4.69) is 27.3 Å². The maximum absolute atomic E-state index is 10.7. The van der Waals surface area contributed by atoms with Crippen LogP contribution >= 0.6 is 34.2 Å². The first-order valence-electron chi connectivity index (χ1n) is 2.51. The van der Waals surface area contributed by atoms with Crippen molar-refractivity contribution in [1.82, 2.24) is 0 Å². The Morgan fingerprint density at radius 3 is 2.78 bits per heavy atom. The van der Waals surface area contributed by atoms with Crippen molar-refractivity contribution in [3.8, 4) is 0 Å². The molecule has 0 aliphatic carbocycles. The van der Waals surface area contributed by atoms with Crippen LogP contribution in [-0.4, -0.2) is 16.5 Å². The fourth-order valence-corrected chi connectivity index (χ4v) is 0.726. The number of hydrogen-bond acceptors (Lipinski definition) is 2. The number of esters is 1. The number of halogens is 2. The highest BCUT2D eigenvalue weighted by molar-refractivity contribution is 14.1. The number of carbonyl (C=O) groups is 1. The zero-order chi connectivity index (χ0) is 7.28. The molecule has 0 heterocycles. The van der Waals surface area contributed by atoms with E-state index in [4.69, 9.17) is 11.6 Å². The first kappa shape index (κ1) is 9.49. The third kappa shape index (κ3) is 3.97. The summed E-state index contributed by atoms with van der Waals surface area (Å²) in [5.74, 6) is -0.260. The van der Waals surface area contributed by atoms with Gasteiger partial charge in [0.25, 0.3) is 0 Å². The minimum Gasteiger partial charge on any atom is -0.449 e. The van der Waals surface area contributed by atoms with Crippen LogP contribution in [0.2, 0.25) is 0 Å². The Kier molecular flexibility index (Phi) is 5.58. The summed E-state index contributed by atoms with van der Waals surface area (Å²) in [6, 6.07) is -0.0419. The van der Waals surface area contributed by atoms with E-state index in [1.165, 1.54) is 0 Å². The molecule has 1 atom stereocenters. The Balaban J connectivity index is 3.46. The van der Waals surface area contributed by atoms with Gasteiger partial charge in [0.15, 0.2) is 6.07 Å². The van der Waals surface area contributed by atoms with Crippen LogP contribution in [0.5, 0.6) is 0 Å². The first-order valence-corrected chi connectivity index (χ1v) is 4.57. The summed E-state index contributed by atoms with van der Waals surface area (Å²) in [5.41, 5.74) is 0. The molecule has 0 radical (unpaired) electrons. The molecule has 1 unspecified atom stereocenters. The van der Waals surface area contributed by atoms with Gasteiger partial charge in [-0.25, -0.2) is 0 Å². The summed E-state index contributed by atoms with van der Waals surface area (Å²) < 4.78 is 5.29. The van der Waals surface area contributed by atoms with Gasteiger partial charge in [0, 0.05) is 4.43 Å². The minimum atomic E-state index is -0.223. The molecule has 0 aliphatic heterocycles. The second-order valence-corrected chi connectivity index (χ2v) is 2.73. The number of rotatable bonds is 3. The molecular weight excluding hydrogens is 254 g/mol. The Labute approximate surface area is 73.0 Å². The first-order chi connectivity index (χ1) is 4.22. The van der Waals surface area contributed by atoms with Crippen molar-refractivity contribution in [2.75, 3.05) is 10.5 Å². The Morgan fingerprint density at radius 1 is 1.89 bits per heavy atom. The summed E-state index contributed by atoms with van der Waals surface area (Å²) in [6.45, 7) is 1.81. The summed E-state index contributed by atoms with van der Waals surface area (Å²) in [6.07, 6.45) is 0. The molecule has 0 saturated carbocycles. The molecule has 0 bridgehead atoms. The molecule has 0 spiro atoms. The van der Waals surface area contributed by atoms with Gasteiger partial charge in [-0.05, 0) is 0 Å². The number of alkyl halides is 2. The van der Waals surface area contributed by atoms with Gasteiger partial charge in [-0.3, -0.25) is 4.79 Å². The van der Waals surface area contributed by atoms with Crippen LogP contribution < -0.4 is 0 Å². The van der Waals surface area contributed by atoms with E-state index in [0.717, 1.165) is 4.43 Å². The minimum absolute atomic E-state index is 0.0376. The van der Waals surface area contributed by atoms with E-state index >= 15 is 0 Å². The highest BCUT2D eigenvalue weighted by Gasteiger charge is 2.10. The SMILES string of the molecule is CC(CI)C(=O)OCCl. The molecule has 0 aliphatic rings. The van der Waals surface area contributed by atoms with Crippen molar-refractivity contribution in [1.29, 1.82) is 0 Å². The molecule has 0 saturated heterocycles. The monoisotopic (exact) mass is 262 g/mol. The number of ether oxygens (including phenoxy) is 1. The van der Waals surface area contributed by atoms with Crippen LogP contribution in [0.4, 0.5) is 0 Å². The van der Waals surface area contributed by atoms with Crippen LogP contribution in [-0.2, 0) is 9.53 Å². The third-order valence-corrected chi connectivity index (χ3v) is 2.26. The normalized spacial score (nSPS) is 12.8. The van der Waals surface area contributed by atoms with Crippen LogP contribution in [0.25, 0.3) is 0 Å². The summed E-state index contributed by atoms with van der Waals surface area (Å²) >= 11 is 7.28. The lowest BCUT2D eigenvalue weighted by Gasteiger charge is -2.03. The number of carbonyl (C=O) groups excluding carboxylic acids is 1. The highest BCUT2D eigenvalue weighted by Crippen LogP contribution is 2.02. The van der Waals surface area contributed by atoms with Gasteiger partial charge in [0.1, 0.15) is 0 Å². The molecule has 2 nitrogen and oxygen atoms in total. The van der Waals surface area contributed by atoms with Crippen molar-refractivity contribution in [2.24, 2.45) is 5.92 Å². The lowest BCUT2D eigenvalue weighted by Crippen LogP contribution is -2.14. The Morgan fingerprint density at radius 2 is 2.44 bits per heavy atom. The smallest absolute Gasteiger partial charge is 0.310 e. The Hall–Kier alpha value is 0.490. The topological polar surface area (TPSA) is 26.3 Å². The molecule has 0 rings (SSSR count). The molecule has 0 amide bonds. The van der Waals surface area contributed by atoms with Gasteiger partial charge >= 0.3 is 5.97 Å². The molecule has 9 heavy (non-hydrogen) atoms. The predicted octanol–water partition coefficient (Wildman–Crippen LogP) is 1.80. The second kappa shape index (κ2) is 5.29. The van der Waals surface area contributed by atoms with Gasteiger partial charge in [-0.1, -0.05) is 41.1 Å². The molecule has 0 aromatic carbocycles. The van der Waals surface area contributed by atoms with Gasteiger partial charge in [-0.15, -0.1) is 0 Å². The zero-order valence-electron chi connectivity index (χ0n) is 5.06. The van der Waals surface area contributed by atoms with Crippen LogP contribution in [0, 0.1) is 5.92 Å². The van der Waals surface area contributed by atoms with E-state index in [-0.39, 0.29) is 18.0 Å². The van der Waals surface area contributed by atoms with Gasteiger partial charge in [0.05, 0.1) is 5.92 Å². The maximum atomic E-state index is 10.7. The fourth-order valence-electron chi connectivity index (χ4n) is 0.259. The van der Waals surface area contributed by atoms with Crippen LogP contribution in [0.1, 0.15) is 6.92 Å². The lowest BCUT2D eigenvalue weighted by atomic mass is 10.2. The molecule has 0 aromatic heterocycles. The summed E-state index contributed by atoms with van der Waals surface area (Å²) in [5, 5.41) is 0.